The van der Waals surface area contributed by atoms with Gasteiger partial charge in [-0.15, -0.1) is 13.2 Å². The Bertz CT molecular complexity index is 733. The second-order valence-corrected chi connectivity index (χ2v) is 14.5. The molecule has 0 saturated carbocycles. The lowest BCUT2D eigenvalue weighted by Crippen LogP contribution is -2.67. The smallest absolute Gasteiger partial charge is 0.261 e. The number of allylic oxidation sites excluding steroid dienone is 2. The topological polar surface area (TPSA) is 9.23 Å². The van der Waals surface area contributed by atoms with Crippen molar-refractivity contribution in [3.05, 3.63) is 86.0 Å². The zero-order chi connectivity index (χ0) is 24.0. The molecule has 0 heterocycles. The van der Waals surface area contributed by atoms with Gasteiger partial charge in [-0.05, 0) is 53.9 Å². The Balaban J connectivity index is 2.35. The van der Waals surface area contributed by atoms with Gasteiger partial charge in [-0.2, -0.15) is 0 Å². The van der Waals surface area contributed by atoms with E-state index in [0.29, 0.717) is 6.10 Å². The maximum Gasteiger partial charge on any atom is 0.261 e. The first-order chi connectivity index (χ1) is 16.0. The lowest BCUT2D eigenvalue weighted by atomic mass is 10.0. The van der Waals surface area contributed by atoms with Gasteiger partial charge in [0, 0.05) is 6.10 Å². The summed E-state index contributed by atoms with van der Waals surface area (Å²) in [4.78, 5) is 0. The Morgan fingerprint density at radius 3 is 1.48 bits per heavy atom. The molecule has 0 N–H and O–H groups in total. The molecule has 33 heavy (non-hydrogen) atoms. The molecule has 2 heteroatoms. The van der Waals surface area contributed by atoms with Crippen LogP contribution >= 0.6 is 0 Å². The largest absolute Gasteiger partial charge is 0.404 e. The average molecular weight is 463 g/mol. The van der Waals surface area contributed by atoms with Crippen molar-refractivity contribution in [3.63, 3.8) is 0 Å². The minimum absolute atomic E-state index is 0.0274. The number of rotatable bonds is 16. The molecule has 0 atom stereocenters. The summed E-state index contributed by atoms with van der Waals surface area (Å²) >= 11 is 0. The molecule has 1 nitrogen and oxygen atoms in total. The molecule has 0 spiro atoms. The Hall–Kier alpha value is -1.90. The fourth-order valence-electron chi connectivity index (χ4n) is 4.88. The highest BCUT2D eigenvalue weighted by Gasteiger charge is 2.51. The van der Waals surface area contributed by atoms with Gasteiger partial charge in [0.1, 0.15) is 0 Å². The van der Waals surface area contributed by atoms with Gasteiger partial charge in [0.25, 0.3) is 8.32 Å². The van der Waals surface area contributed by atoms with Crippen molar-refractivity contribution < 1.29 is 4.43 Å². The van der Waals surface area contributed by atoms with Crippen molar-refractivity contribution >= 4 is 18.7 Å². The maximum absolute atomic E-state index is 7.49. The van der Waals surface area contributed by atoms with Gasteiger partial charge in [-0.3, -0.25) is 0 Å². The summed E-state index contributed by atoms with van der Waals surface area (Å²) in [5.74, 6) is 0. The standard InChI is InChI=1S/C31H46OSi/c1-6-8-10-12-16-22-28(23-17-13-11-9-7-2)32-33(31(3,4)5,29-24-18-14-19-25-29)30-26-20-15-21-27-30/h6-7,14-15,18-21,24-28H,1-2,8-13,16-17,22-23H2,3-5H3. The van der Waals surface area contributed by atoms with E-state index in [1.165, 1.54) is 48.9 Å². The summed E-state index contributed by atoms with van der Waals surface area (Å²) in [6.07, 6.45) is 16.3. The van der Waals surface area contributed by atoms with Crippen LogP contribution in [0.15, 0.2) is 86.0 Å². The van der Waals surface area contributed by atoms with Crippen LogP contribution in [0.5, 0.6) is 0 Å². The van der Waals surface area contributed by atoms with E-state index in [0.717, 1.165) is 25.7 Å². The molecule has 0 amide bonds. The van der Waals surface area contributed by atoms with Crippen molar-refractivity contribution in [1.29, 1.82) is 0 Å². The summed E-state index contributed by atoms with van der Waals surface area (Å²) in [6.45, 7) is 14.9. The predicted molar refractivity (Wildman–Crippen MR) is 149 cm³/mol. The molecule has 0 aliphatic heterocycles. The first-order valence-electron chi connectivity index (χ1n) is 13.0. The number of unbranched alkanes of at least 4 members (excludes halogenated alkanes) is 6. The Morgan fingerprint density at radius 1 is 0.697 bits per heavy atom. The summed E-state index contributed by atoms with van der Waals surface area (Å²) in [5.41, 5.74) is 0. The van der Waals surface area contributed by atoms with Gasteiger partial charge in [0.2, 0.25) is 0 Å². The van der Waals surface area contributed by atoms with Crippen molar-refractivity contribution in [2.75, 3.05) is 0 Å². The summed E-state index contributed by atoms with van der Waals surface area (Å²) in [5, 5.41) is 2.79. The van der Waals surface area contributed by atoms with Gasteiger partial charge < -0.3 is 4.43 Å². The van der Waals surface area contributed by atoms with E-state index in [1.54, 1.807) is 0 Å². The van der Waals surface area contributed by atoms with Crippen molar-refractivity contribution in [2.24, 2.45) is 0 Å². The molecule has 0 bridgehead atoms. The Labute approximate surface area is 205 Å². The van der Waals surface area contributed by atoms with Gasteiger partial charge in [-0.25, -0.2) is 0 Å². The van der Waals surface area contributed by atoms with Crippen LogP contribution in [0.25, 0.3) is 0 Å². The van der Waals surface area contributed by atoms with Gasteiger partial charge >= 0.3 is 0 Å². The van der Waals surface area contributed by atoms with Crippen LogP contribution < -0.4 is 10.4 Å². The second kappa shape index (κ2) is 14.4. The molecule has 2 aromatic carbocycles. The summed E-state index contributed by atoms with van der Waals surface area (Å²) in [6, 6.07) is 22.1. The minimum atomic E-state index is -2.50. The molecule has 0 fully saturated rings. The van der Waals surface area contributed by atoms with Crippen molar-refractivity contribution in [2.45, 2.75) is 96.1 Å². The van der Waals surface area contributed by atoms with E-state index in [1.807, 2.05) is 12.2 Å². The van der Waals surface area contributed by atoms with Crippen LogP contribution in [0.2, 0.25) is 5.04 Å². The number of benzene rings is 2. The maximum atomic E-state index is 7.49. The summed E-state index contributed by atoms with van der Waals surface area (Å²) in [7, 11) is -2.50. The Morgan fingerprint density at radius 2 is 1.12 bits per heavy atom. The highest BCUT2D eigenvalue weighted by molar-refractivity contribution is 6.99. The predicted octanol–water partition coefficient (Wildman–Crippen LogP) is 8.20. The molecule has 0 aliphatic carbocycles. The van der Waals surface area contributed by atoms with Crippen LogP contribution in [0.1, 0.15) is 85.0 Å². The molecule has 0 aromatic heterocycles. The van der Waals surface area contributed by atoms with E-state index < -0.39 is 8.32 Å². The third-order valence-electron chi connectivity index (χ3n) is 6.63. The monoisotopic (exact) mass is 462 g/mol. The minimum Gasteiger partial charge on any atom is -0.404 e. The molecule has 0 unspecified atom stereocenters. The van der Waals surface area contributed by atoms with Crippen LogP contribution in [-0.4, -0.2) is 14.4 Å². The average Bonchev–Trinajstić information content (AvgIpc) is 2.82. The third-order valence-corrected chi connectivity index (χ3v) is 11.7. The quantitative estimate of drug-likeness (QED) is 0.139. The van der Waals surface area contributed by atoms with E-state index in [4.69, 9.17) is 4.43 Å². The lowest BCUT2D eigenvalue weighted by molar-refractivity contribution is 0.160. The van der Waals surface area contributed by atoms with E-state index in [2.05, 4.69) is 94.6 Å². The van der Waals surface area contributed by atoms with E-state index >= 15 is 0 Å². The van der Waals surface area contributed by atoms with Crippen LogP contribution in [0.3, 0.4) is 0 Å². The number of hydrogen-bond acceptors (Lipinski definition) is 1. The third kappa shape index (κ3) is 8.12. The molecule has 180 valence electrons. The first kappa shape index (κ1) is 27.3. The van der Waals surface area contributed by atoms with Gasteiger partial charge in [0.15, 0.2) is 0 Å². The van der Waals surface area contributed by atoms with Crippen molar-refractivity contribution in [1.82, 2.24) is 0 Å². The lowest BCUT2D eigenvalue weighted by Gasteiger charge is -2.45. The molecule has 0 aliphatic rings. The van der Waals surface area contributed by atoms with E-state index in [9.17, 15) is 0 Å². The van der Waals surface area contributed by atoms with Crippen LogP contribution in [-0.2, 0) is 4.43 Å². The van der Waals surface area contributed by atoms with E-state index in [-0.39, 0.29) is 5.04 Å². The van der Waals surface area contributed by atoms with Gasteiger partial charge in [-0.1, -0.05) is 119 Å². The molecule has 0 saturated heterocycles. The normalized spacial score (nSPS) is 12.1. The highest BCUT2D eigenvalue weighted by Crippen LogP contribution is 2.38. The molecule has 0 radical (unpaired) electrons. The molecule has 2 rings (SSSR count). The number of hydrogen-bond donors (Lipinski definition) is 0. The molecular weight excluding hydrogens is 416 g/mol. The van der Waals surface area contributed by atoms with Crippen molar-refractivity contribution in [3.8, 4) is 0 Å². The fourth-order valence-corrected chi connectivity index (χ4v) is 9.63. The zero-order valence-electron chi connectivity index (χ0n) is 21.4. The fraction of sp³-hybridized carbons (Fsp3) is 0.484. The molecule has 2 aromatic rings. The van der Waals surface area contributed by atoms with Crippen LogP contribution in [0.4, 0.5) is 0 Å². The summed E-state index contributed by atoms with van der Waals surface area (Å²) < 4.78 is 7.49. The SMILES string of the molecule is C=CCCCCCC(CCCCCC=C)O[Si](c1ccccc1)(c1ccccc1)C(C)(C)C. The van der Waals surface area contributed by atoms with Gasteiger partial charge in [0.05, 0.1) is 0 Å². The highest BCUT2D eigenvalue weighted by atomic mass is 28.4. The first-order valence-corrected chi connectivity index (χ1v) is 14.9. The zero-order valence-corrected chi connectivity index (χ0v) is 22.4. The molecular formula is C31H46OSi. The Kier molecular flexibility index (Phi) is 11.9. The van der Waals surface area contributed by atoms with Crippen LogP contribution in [0, 0.1) is 0 Å². The second-order valence-electron chi connectivity index (χ2n) is 10.3.